The van der Waals surface area contributed by atoms with Crippen molar-refractivity contribution >= 4 is 29.9 Å². The number of carbonyl (C=O) groups excluding carboxylic acids is 2. The summed E-state index contributed by atoms with van der Waals surface area (Å²) in [7, 11) is 0. The summed E-state index contributed by atoms with van der Waals surface area (Å²) in [6.07, 6.45) is 0.630. The van der Waals surface area contributed by atoms with Crippen molar-refractivity contribution in [3.63, 3.8) is 0 Å². The van der Waals surface area contributed by atoms with Gasteiger partial charge in [0.25, 0.3) is 0 Å². The molecule has 0 aromatic heterocycles. The molecular formula is C15H22ClN3O2. The summed E-state index contributed by atoms with van der Waals surface area (Å²) < 4.78 is 0. The van der Waals surface area contributed by atoms with Crippen LogP contribution in [0.4, 0.5) is 5.69 Å². The third-order valence-corrected chi connectivity index (χ3v) is 3.79. The first-order chi connectivity index (χ1) is 9.50. The van der Waals surface area contributed by atoms with Crippen molar-refractivity contribution in [3.8, 4) is 0 Å². The van der Waals surface area contributed by atoms with Crippen LogP contribution in [0.3, 0.4) is 0 Å². The maximum absolute atomic E-state index is 12.3. The van der Waals surface area contributed by atoms with E-state index in [2.05, 4.69) is 5.32 Å². The fourth-order valence-corrected chi connectivity index (χ4v) is 2.22. The fourth-order valence-electron chi connectivity index (χ4n) is 2.22. The average Bonchev–Trinajstić information content (AvgIpc) is 2.80. The summed E-state index contributed by atoms with van der Waals surface area (Å²) in [6.45, 7) is 4.19. The van der Waals surface area contributed by atoms with E-state index >= 15 is 0 Å². The van der Waals surface area contributed by atoms with Crippen molar-refractivity contribution in [2.75, 3.05) is 11.4 Å². The van der Waals surface area contributed by atoms with E-state index in [4.69, 9.17) is 5.73 Å². The Balaban J connectivity index is 0.00000220. The van der Waals surface area contributed by atoms with E-state index < -0.39 is 6.04 Å². The number of rotatable bonds is 4. The van der Waals surface area contributed by atoms with Crippen molar-refractivity contribution in [2.24, 2.45) is 11.7 Å². The molecule has 5 nitrogen and oxygen atoms in total. The maximum Gasteiger partial charge on any atom is 0.249 e. The molecule has 3 N–H and O–H groups in total. The number of hydrogen-bond donors (Lipinski definition) is 2. The zero-order valence-electron chi connectivity index (χ0n) is 12.3. The van der Waals surface area contributed by atoms with Gasteiger partial charge >= 0.3 is 0 Å². The number of nitrogens with two attached hydrogens (primary N) is 1. The molecule has 0 saturated carbocycles. The standard InChI is InChI=1S/C15H21N3O2.ClH/c1-10(11(2)16)14(19)17-13-8-9-18(15(13)20)12-6-4-3-5-7-12;/h3-7,10-11,13H,8-9,16H2,1-2H3,(H,17,19);1H. The van der Waals surface area contributed by atoms with Crippen molar-refractivity contribution in [2.45, 2.75) is 32.4 Å². The lowest BCUT2D eigenvalue weighted by atomic mass is 10.0. The van der Waals surface area contributed by atoms with E-state index in [1.54, 1.807) is 18.7 Å². The first-order valence-electron chi connectivity index (χ1n) is 6.93. The minimum Gasteiger partial charge on any atom is -0.344 e. The van der Waals surface area contributed by atoms with E-state index in [9.17, 15) is 9.59 Å². The number of carbonyl (C=O) groups is 2. The molecule has 3 atom stereocenters. The van der Waals surface area contributed by atoms with Crippen LogP contribution in [0.25, 0.3) is 0 Å². The quantitative estimate of drug-likeness (QED) is 0.880. The van der Waals surface area contributed by atoms with Crippen molar-refractivity contribution in [3.05, 3.63) is 30.3 Å². The Labute approximate surface area is 131 Å². The molecule has 1 aromatic rings. The van der Waals surface area contributed by atoms with E-state index in [-0.39, 0.29) is 36.2 Å². The normalized spacial score (nSPS) is 20.6. The molecule has 1 fully saturated rings. The van der Waals surface area contributed by atoms with Gasteiger partial charge in [0.2, 0.25) is 11.8 Å². The number of amides is 2. The summed E-state index contributed by atoms with van der Waals surface area (Å²) in [5.74, 6) is -0.511. The van der Waals surface area contributed by atoms with Gasteiger partial charge in [-0.1, -0.05) is 25.1 Å². The molecule has 0 bridgehead atoms. The molecule has 1 heterocycles. The van der Waals surface area contributed by atoms with E-state index in [1.807, 2.05) is 30.3 Å². The molecule has 0 radical (unpaired) electrons. The summed E-state index contributed by atoms with van der Waals surface area (Å²) >= 11 is 0. The maximum atomic E-state index is 12.3. The molecular weight excluding hydrogens is 290 g/mol. The molecule has 1 saturated heterocycles. The lowest BCUT2D eigenvalue weighted by Gasteiger charge is -2.19. The Morgan fingerprint density at radius 2 is 1.95 bits per heavy atom. The van der Waals surface area contributed by atoms with Gasteiger partial charge in [-0.05, 0) is 25.5 Å². The second-order valence-corrected chi connectivity index (χ2v) is 5.32. The van der Waals surface area contributed by atoms with Gasteiger partial charge < -0.3 is 16.0 Å². The predicted octanol–water partition coefficient (Wildman–Crippen LogP) is 1.31. The second kappa shape index (κ2) is 7.43. The van der Waals surface area contributed by atoms with Crippen molar-refractivity contribution in [1.29, 1.82) is 0 Å². The highest BCUT2D eigenvalue weighted by molar-refractivity contribution is 6.01. The summed E-state index contributed by atoms with van der Waals surface area (Å²) in [5, 5.41) is 2.80. The molecule has 0 spiro atoms. The van der Waals surface area contributed by atoms with Gasteiger partial charge in [0, 0.05) is 24.2 Å². The number of hydrogen-bond acceptors (Lipinski definition) is 3. The van der Waals surface area contributed by atoms with Gasteiger partial charge in [0.1, 0.15) is 6.04 Å². The van der Waals surface area contributed by atoms with Crippen LogP contribution in [0.1, 0.15) is 20.3 Å². The summed E-state index contributed by atoms with van der Waals surface area (Å²) in [4.78, 5) is 26.0. The average molecular weight is 312 g/mol. The molecule has 21 heavy (non-hydrogen) atoms. The van der Waals surface area contributed by atoms with Gasteiger partial charge in [-0.15, -0.1) is 12.4 Å². The molecule has 1 aromatic carbocycles. The third kappa shape index (κ3) is 3.95. The molecule has 0 aliphatic carbocycles. The van der Waals surface area contributed by atoms with Gasteiger partial charge in [-0.25, -0.2) is 0 Å². The highest BCUT2D eigenvalue weighted by atomic mass is 35.5. The molecule has 3 unspecified atom stereocenters. The highest BCUT2D eigenvalue weighted by Crippen LogP contribution is 2.21. The molecule has 6 heteroatoms. The minimum absolute atomic E-state index is 0. The van der Waals surface area contributed by atoms with Crippen LogP contribution < -0.4 is 16.0 Å². The Morgan fingerprint density at radius 3 is 2.52 bits per heavy atom. The van der Waals surface area contributed by atoms with Crippen LogP contribution in [0.2, 0.25) is 0 Å². The van der Waals surface area contributed by atoms with Crippen LogP contribution in [-0.2, 0) is 9.59 Å². The van der Waals surface area contributed by atoms with Gasteiger partial charge in [0.05, 0.1) is 0 Å². The Bertz CT molecular complexity index is 493. The minimum atomic E-state index is -0.441. The lowest BCUT2D eigenvalue weighted by Crippen LogP contribution is -2.46. The highest BCUT2D eigenvalue weighted by Gasteiger charge is 2.34. The predicted molar refractivity (Wildman–Crippen MR) is 85.4 cm³/mol. The molecule has 2 rings (SSSR count). The van der Waals surface area contributed by atoms with E-state index in [0.29, 0.717) is 13.0 Å². The Hall–Kier alpha value is -1.59. The van der Waals surface area contributed by atoms with Crippen LogP contribution in [0.15, 0.2) is 30.3 Å². The van der Waals surface area contributed by atoms with Crippen molar-refractivity contribution < 1.29 is 9.59 Å². The zero-order valence-corrected chi connectivity index (χ0v) is 13.1. The third-order valence-electron chi connectivity index (χ3n) is 3.79. The Morgan fingerprint density at radius 1 is 1.33 bits per heavy atom. The Kier molecular flexibility index (Phi) is 6.18. The molecule has 1 aliphatic heterocycles. The summed E-state index contributed by atoms with van der Waals surface area (Å²) in [6, 6.07) is 8.83. The van der Waals surface area contributed by atoms with Gasteiger partial charge in [-0.2, -0.15) is 0 Å². The fraction of sp³-hybridized carbons (Fsp3) is 0.467. The van der Waals surface area contributed by atoms with E-state index in [0.717, 1.165) is 5.69 Å². The SMILES string of the molecule is CC(N)C(C)C(=O)NC1CCN(c2ccccc2)C1=O.Cl. The molecule has 1 aliphatic rings. The summed E-state index contributed by atoms with van der Waals surface area (Å²) in [5.41, 5.74) is 6.58. The largest absolute Gasteiger partial charge is 0.344 e. The lowest BCUT2D eigenvalue weighted by molar-refractivity contribution is -0.129. The van der Waals surface area contributed by atoms with Crippen LogP contribution in [0, 0.1) is 5.92 Å². The number of nitrogens with one attached hydrogen (secondary N) is 1. The van der Waals surface area contributed by atoms with E-state index in [1.165, 1.54) is 0 Å². The van der Waals surface area contributed by atoms with Crippen LogP contribution in [0.5, 0.6) is 0 Å². The monoisotopic (exact) mass is 311 g/mol. The number of benzene rings is 1. The second-order valence-electron chi connectivity index (χ2n) is 5.32. The first-order valence-corrected chi connectivity index (χ1v) is 6.93. The number of anilines is 1. The number of nitrogens with zero attached hydrogens (tertiary/aromatic N) is 1. The first kappa shape index (κ1) is 17.5. The van der Waals surface area contributed by atoms with Crippen LogP contribution >= 0.6 is 12.4 Å². The van der Waals surface area contributed by atoms with Crippen LogP contribution in [-0.4, -0.2) is 30.4 Å². The topological polar surface area (TPSA) is 75.4 Å². The number of halogens is 1. The number of para-hydroxylation sites is 1. The smallest absolute Gasteiger partial charge is 0.249 e. The van der Waals surface area contributed by atoms with Crippen molar-refractivity contribution in [1.82, 2.24) is 5.32 Å². The molecule has 116 valence electrons. The van der Waals surface area contributed by atoms with Gasteiger partial charge in [-0.3, -0.25) is 9.59 Å². The van der Waals surface area contributed by atoms with Gasteiger partial charge in [0.15, 0.2) is 0 Å². The molecule has 2 amide bonds. The zero-order chi connectivity index (χ0) is 14.7.